The third kappa shape index (κ3) is 3.66. The van der Waals surface area contributed by atoms with E-state index in [0.29, 0.717) is 29.9 Å². The molecule has 0 saturated carbocycles. The minimum atomic E-state index is -0.642. The lowest BCUT2D eigenvalue weighted by atomic mass is 9.80. The number of hydrogen-bond donors (Lipinski definition) is 1. The Labute approximate surface area is 187 Å². The summed E-state index contributed by atoms with van der Waals surface area (Å²) in [5.74, 6) is 0.108. The number of carbonyl (C=O) groups is 2. The van der Waals surface area contributed by atoms with Gasteiger partial charge in [0.2, 0.25) is 12.2 Å². The fourth-order valence-electron chi connectivity index (χ4n) is 4.38. The molecule has 0 unspecified atom stereocenters. The molecule has 5 rings (SSSR count). The molecule has 2 aromatic carbocycles. The highest BCUT2D eigenvalue weighted by Gasteiger charge is 2.32. The van der Waals surface area contributed by atoms with Gasteiger partial charge < -0.3 is 10.1 Å². The quantitative estimate of drug-likeness (QED) is 0.595. The Bertz CT molecular complexity index is 1210. The van der Waals surface area contributed by atoms with Crippen LogP contribution in [0.1, 0.15) is 82.4 Å². The van der Waals surface area contributed by atoms with Crippen LogP contribution in [0.2, 0.25) is 0 Å². The molecule has 0 spiro atoms. The number of nitrogens with zero attached hydrogens (tertiary/aromatic N) is 2. The maximum Gasteiger partial charge on any atom is 0.340 e. The summed E-state index contributed by atoms with van der Waals surface area (Å²) in [4.78, 5) is 33.8. The van der Waals surface area contributed by atoms with Crippen LogP contribution in [-0.2, 0) is 16.6 Å². The van der Waals surface area contributed by atoms with Crippen molar-refractivity contribution in [1.82, 2.24) is 9.97 Å². The monoisotopic (exact) mass is 427 g/mol. The van der Waals surface area contributed by atoms with Crippen LogP contribution < -0.4 is 5.32 Å². The molecular formula is C26H25N3O3. The summed E-state index contributed by atoms with van der Waals surface area (Å²) in [6, 6.07) is 15.8. The molecule has 1 N–H and O–H groups in total. The molecule has 32 heavy (non-hydrogen) atoms. The number of rotatable bonds is 3. The first-order valence-electron chi connectivity index (χ1n) is 10.9. The van der Waals surface area contributed by atoms with Crippen molar-refractivity contribution in [2.75, 3.05) is 5.32 Å². The number of esters is 1. The number of nitrogens with one attached hydrogen (secondary N) is 1. The topological polar surface area (TPSA) is 81.2 Å². The van der Waals surface area contributed by atoms with E-state index in [0.717, 1.165) is 16.8 Å². The van der Waals surface area contributed by atoms with E-state index in [1.807, 2.05) is 12.1 Å². The third-order valence-electron chi connectivity index (χ3n) is 6.24. The first kappa shape index (κ1) is 20.4. The van der Waals surface area contributed by atoms with E-state index in [-0.39, 0.29) is 23.1 Å². The van der Waals surface area contributed by atoms with Gasteiger partial charge >= 0.3 is 5.97 Å². The highest BCUT2D eigenvalue weighted by molar-refractivity contribution is 5.98. The Morgan fingerprint density at radius 2 is 1.72 bits per heavy atom. The van der Waals surface area contributed by atoms with Gasteiger partial charge in [0.25, 0.3) is 0 Å². The molecule has 2 heterocycles. The van der Waals surface area contributed by atoms with Crippen molar-refractivity contribution in [3.63, 3.8) is 0 Å². The van der Waals surface area contributed by atoms with Gasteiger partial charge in [-0.1, -0.05) is 63.2 Å². The fourth-order valence-corrected chi connectivity index (χ4v) is 4.38. The number of fused-ring (bicyclic) bond motifs is 2. The Morgan fingerprint density at radius 3 is 2.47 bits per heavy atom. The normalized spacial score (nSPS) is 19.8. The average Bonchev–Trinajstić information content (AvgIpc) is 3.08. The zero-order valence-corrected chi connectivity index (χ0v) is 18.4. The van der Waals surface area contributed by atoms with E-state index >= 15 is 0 Å². The van der Waals surface area contributed by atoms with Crippen molar-refractivity contribution < 1.29 is 14.3 Å². The summed E-state index contributed by atoms with van der Waals surface area (Å²) in [5, 5.41) is 3.09. The number of anilines is 1. The van der Waals surface area contributed by atoms with Crippen molar-refractivity contribution in [2.24, 2.45) is 0 Å². The third-order valence-corrected chi connectivity index (χ3v) is 6.24. The van der Waals surface area contributed by atoms with Crippen LogP contribution in [0.4, 0.5) is 5.95 Å². The van der Waals surface area contributed by atoms with Gasteiger partial charge in [-0.25, -0.2) is 14.8 Å². The van der Waals surface area contributed by atoms with Crippen molar-refractivity contribution in [2.45, 2.75) is 51.2 Å². The predicted molar refractivity (Wildman–Crippen MR) is 121 cm³/mol. The van der Waals surface area contributed by atoms with Crippen LogP contribution in [0.15, 0.2) is 54.7 Å². The van der Waals surface area contributed by atoms with Gasteiger partial charge in [0.05, 0.1) is 16.8 Å². The summed E-state index contributed by atoms with van der Waals surface area (Å²) < 4.78 is 5.43. The molecule has 6 heteroatoms. The lowest BCUT2D eigenvalue weighted by molar-refractivity contribution is 0.0436. The van der Waals surface area contributed by atoms with Gasteiger partial charge in [-0.05, 0) is 34.9 Å². The number of hydrogen-bond acceptors (Lipinski definition) is 6. The molecule has 0 fully saturated rings. The molecular weight excluding hydrogens is 402 g/mol. The van der Waals surface area contributed by atoms with Crippen molar-refractivity contribution in [3.05, 3.63) is 88.2 Å². The van der Waals surface area contributed by atoms with Crippen molar-refractivity contribution in [3.8, 4) is 0 Å². The van der Waals surface area contributed by atoms with Crippen LogP contribution in [-0.4, -0.2) is 21.7 Å². The van der Waals surface area contributed by atoms with Crippen LogP contribution >= 0.6 is 0 Å². The minimum Gasteiger partial charge on any atom is -0.434 e. The van der Waals surface area contributed by atoms with Crippen LogP contribution in [0.5, 0.6) is 0 Å². The number of carbonyl (C=O) groups excluding carboxylic acids is 2. The minimum absolute atomic E-state index is 0.0559. The maximum absolute atomic E-state index is 12.8. The van der Waals surface area contributed by atoms with E-state index in [1.165, 1.54) is 5.56 Å². The zero-order valence-electron chi connectivity index (χ0n) is 18.4. The van der Waals surface area contributed by atoms with Crippen molar-refractivity contribution in [1.29, 1.82) is 0 Å². The molecule has 0 radical (unpaired) electrons. The molecule has 1 aromatic heterocycles. The Balaban J connectivity index is 1.38. The fraction of sp³-hybridized carbons (Fsp3) is 0.308. The summed E-state index contributed by atoms with van der Waals surface area (Å²) in [7, 11) is 0. The van der Waals surface area contributed by atoms with Crippen LogP contribution in [0.25, 0.3) is 0 Å². The number of Topliss-reactive ketones (excluding diaryl/α,β-unsaturated/α-hetero) is 1. The number of cyclic esters (lactones) is 1. The average molecular weight is 428 g/mol. The number of ketones is 1. The number of benzene rings is 2. The summed E-state index contributed by atoms with van der Waals surface area (Å²) in [6.07, 6.45) is 2.05. The Hall–Kier alpha value is -3.54. The van der Waals surface area contributed by atoms with Gasteiger partial charge in [0, 0.05) is 18.2 Å². The smallest absolute Gasteiger partial charge is 0.340 e. The molecule has 2 aliphatic rings. The maximum atomic E-state index is 12.8. The SMILES string of the molecule is CC(C)(C)c1ccc([C@@H]2CC(=O)c3cnc(N[C@H]4OC(=O)c5ccccc54)nc3C2)cc1. The predicted octanol–water partition coefficient (Wildman–Crippen LogP) is 4.97. The van der Waals surface area contributed by atoms with E-state index in [9.17, 15) is 9.59 Å². The largest absolute Gasteiger partial charge is 0.434 e. The molecule has 1 aliphatic carbocycles. The molecule has 0 amide bonds. The van der Waals surface area contributed by atoms with E-state index in [2.05, 4.69) is 60.3 Å². The summed E-state index contributed by atoms with van der Waals surface area (Å²) >= 11 is 0. The second-order valence-corrected chi connectivity index (χ2v) is 9.47. The first-order chi connectivity index (χ1) is 15.3. The zero-order chi connectivity index (χ0) is 22.5. The molecule has 0 saturated heterocycles. The molecule has 6 nitrogen and oxygen atoms in total. The van der Waals surface area contributed by atoms with Gasteiger partial charge in [-0.2, -0.15) is 0 Å². The Kier molecular flexibility index (Phi) is 4.81. The molecule has 3 aromatic rings. The first-order valence-corrected chi connectivity index (χ1v) is 10.9. The lowest BCUT2D eigenvalue weighted by Crippen LogP contribution is -2.22. The van der Waals surface area contributed by atoms with Gasteiger partial charge in [0.15, 0.2) is 5.78 Å². The van der Waals surface area contributed by atoms with E-state index < -0.39 is 6.23 Å². The summed E-state index contributed by atoms with van der Waals surface area (Å²) in [5.41, 5.74) is 5.09. The molecule has 162 valence electrons. The van der Waals surface area contributed by atoms with E-state index in [1.54, 1.807) is 18.3 Å². The van der Waals surface area contributed by atoms with Gasteiger partial charge in [-0.3, -0.25) is 4.79 Å². The highest BCUT2D eigenvalue weighted by atomic mass is 16.6. The molecule has 0 bridgehead atoms. The van der Waals surface area contributed by atoms with Gasteiger partial charge in [0.1, 0.15) is 0 Å². The lowest BCUT2D eigenvalue weighted by Gasteiger charge is -2.25. The van der Waals surface area contributed by atoms with E-state index in [4.69, 9.17) is 4.74 Å². The standard InChI is InChI=1S/C26H25N3O3/c1-26(2,3)17-10-8-15(9-11-17)16-12-21-20(22(30)13-16)14-27-25(28-21)29-23-18-6-4-5-7-19(18)24(31)32-23/h4-11,14,16,23H,12-13H2,1-3H3,(H,27,28,29)/t16-,23-/m0/s1. The number of ether oxygens (including phenoxy) is 1. The van der Waals surface area contributed by atoms with Crippen LogP contribution in [0.3, 0.4) is 0 Å². The highest BCUT2D eigenvalue weighted by Crippen LogP contribution is 2.34. The van der Waals surface area contributed by atoms with Crippen LogP contribution in [0, 0.1) is 0 Å². The van der Waals surface area contributed by atoms with Crippen molar-refractivity contribution >= 4 is 17.7 Å². The molecule has 1 aliphatic heterocycles. The summed E-state index contributed by atoms with van der Waals surface area (Å²) in [6.45, 7) is 6.57. The second kappa shape index (κ2) is 7.55. The number of aromatic nitrogens is 2. The van der Waals surface area contributed by atoms with Gasteiger partial charge in [-0.15, -0.1) is 0 Å². The molecule has 2 atom stereocenters. The second-order valence-electron chi connectivity index (χ2n) is 9.47. The Morgan fingerprint density at radius 1 is 0.969 bits per heavy atom.